The molecule has 1 fully saturated rings. The Morgan fingerprint density at radius 3 is 2.45 bits per heavy atom. The van der Waals surface area contributed by atoms with Gasteiger partial charge in [-0.05, 0) is 30.8 Å². The molecule has 4 nitrogen and oxygen atoms in total. The molecule has 1 aliphatic heterocycles. The maximum Gasteiger partial charge on any atom is 0.283 e. The van der Waals surface area contributed by atoms with E-state index in [1.807, 2.05) is 31.2 Å². The minimum atomic E-state index is -0.299. The number of carbonyl (C=O) groups excluding carboxylic acids is 1. The highest BCUT2D eigenvalue weighted by atomic mass is 32.2. The van der Waals surface area contributed by atoms with Gasteiger partial charge in [-0.25, -0.2) is 0 Å². The maximum absolute atomic E-state index is 11.5. The molecular formula is C15H21NO3S. The van der Waals surface area contributed by atoms with Crippen LogP contribution >= 0.6 is 11.8 Å². The van der Waals surface area contributed by atoms with Gasteiger partial charge in [-0.1, -0.05) is 26.0 Å². The number of amides is 1. The smallest absolute Gasteiger partial charge is 0.283 e. The first kappa shape index (κ1) is 15.4. The quantitative estimate of drug-likeness (QED) is 0.866. The number of hydrogen-bond donors (Lipinski definition) is 1. The summed E-state index contributed by atoms with van der Waals surface area (Å²) in [7, 11) is 0. The van der Waals surface area contributed by atoms with Crippen LogP contribution < -0.4 is 5.32 Å². The highest BCUT2D eigenvalue weighted by Gasteiger charge is 2.29. The lowest BCUT2D eigenvalue weighted by molar-refractivity contribution is -0.226. The van der Waals surface area contributed by atoms with E-state index in [2.05, 4.69) is 19.2 Å². The molecule has 1 saturated heterocycles. The van der Waals surface area contributed by atoms with Crippen molar-refractivity contribution in [2.75, 3.05) is 19.8 Å². The zero-order chi connectivity index (χ0) is 14.6. The molecule has 0 bridgehead atoms. The molecule has 0 aliphatic carbocycles. The SMILES string of the molecule is CCNC(=O)Sc1ccc(C2OCC(C)(C)CO2)cc1. The molecule has 0 radical (unpaired) electrons. The Labute approximate surface area is 124 Å². The minimum Gasteiger partial charge on any atom is -0.348 e. The topological polar surface area (TPSA) is 47.6 Å². The summed E-state index contributed by atoms with van der Waals surface area (Å²) in [4.78, 5) is 12.4. The molecule has 0 spiro atoms. The van der Waals surface area contributed by atoms with Gasteiger partial charge in [0.15, 0.2) is 6.29 Å². The van der Waals surface area contributed by atoms with Gasteiger partial charge in [0.25, 0.3) is 5.24 Å². The van der Waals surface area contributed by atoms with Gasteiger partial charge in [0, 0.05) is 22.4 Å². The molecular weight excluding hydrogens is 274 g/mol. The molecule has 1 aromatic rings. The molecule has 1 N–H and O–H groups in total. The van der Waals surface area contributed by atoms with E-state index in [4.69, 9.17) is 9.47 Å². The van der Waals surface area contributed by atoms with Crippen LogP contribution in [0.2, 0.25) is 0 Å². The fraction of sp³-hybridized carbons (Fsp3) is 0.533. The van der Waals surface area contributed by atoms with Gasteiger partial charge in [0.05, 0.1) is 13.2 Å². The number of thioether (sulfide) groups is 1. The fourth-order valence-electron chi connectivity index (χ4n) is 1.87. The van der Waals surface area contributed by atoms with Crippen LogP contribution in [0.5, 0.6) is 0 Å². The zero-order valence-corrected chi connectivity index (χ0v) is 13.0. The Bertz CT molecular complexity index is 449. The van der Waals surface area contributed by atoms with Gasteiger partial charge in [-0.3, -0.25) is 4.79 Å². The van der Waals surface area contributed by atoms with Crippen molar-refractivity contribution in [1.82, 2.24) is 5.32 Å². The first-order chi connectivity index (χ1) is 9.50. The van der Waals surface area contributed by atoms with Crippen LogP contribution in [-0.4, -0.2) is 25.0 Å². The Hall–Kier alpha value is -1.04. The van der Waals surface area contributed by atoms with Gasteiger partial charge < -0.3 is 14.8 Å². The molecule has 1 aliphatic rings. The second-order valence-corrected chi connectivity index (χ2v) is 6.65. The van der Waals surface area contributed by atoms with Gasteiger partial charge in [-0.2, -0.15) is 0 Å². The highest BCUT2D eigenvalue weighted by molar-refractivity contribution is 8.13. The normalized spacial score (nSPS) is 18.8. The summed E-state index contributed by atoms with van der Waals surface area (Å²) >= 11 is 1.19. The van der Waals surface area contributed by atoms with Gasteiger partial charge in [0.1, 0.15) is 0 Å². The third kappa shape index (κ3) is 4.23. The van der Waals surface area contributed by atoms with Crippen LogP contribution in [0.1, 0.15) is 32.6 Å². The molecule has 5 heteroatoms. The van der Waals surface area contributed by atoms with Gasteiger partial charge in [0.2, 0.25) is 0 Å². The molecule has 0 aromatic heterocycles. The van der Waals surface area contributed by atoms with Crippen LogP contribution in [0.4, 0.5) is 4.79 Å². The van der Waals surface area contributed by atoms with Crippen LogP contribution in [0.15, 0.2) is 29.2 Å². The van der Waals surface area contributed by atoms with E-state index in [-0.39, 0.29) is 16.9 Å². The molecule has 0 saturated carbocycles. The van der Waals surface area contributed by atoms with E-state index >= 15 is 0 Å². The van der Waals surface area contributed by atoms with Crippen LogP contribution in [0.3, 0.4) is 0 Å². The summed E-state index contributed by atoms with van der Waals surface area (Å²) in [5.41, 5.74) is 1.06. The number of hydrogen-bond acceptors (Lipinski definition) is 4. The Morgan fingerprint density at radius 2 is 1.90 bits per heavy atom. The Balaban J connectivity index is 1.93. The lowest BCUT2D eigenvalue weighted by Crippen LogP contribution is -2.33. The second kappa shape index (κ2) is 6.61. The van der Waals surface area contributed by atoms with E-state index < -0.39 is 0 Å². The maximum atomic E-state index is 11.5. The van der Waals surface area contributed by atoms with Crippen LogP contribution in [0.25, 0.3) is 0 Å². The van der Waals surface area contributed by atoms with Crippen molar-refractivity contribution < 1.29 is 14.3 Å². The average Bonchev–Trinajstić information content (AvgIpc) is 2.40. The molecule has 1 aromatic carbocycles. The number of rotatable bonds is 3. The van der Waals surface area contributed by atoms with Crippen molar-refractivity contribution in [3.8, 4) is 0 Å². The number of ether oxygens (including phenoxy) is 2. The van der Waals surface area contributed by atoms with Crippen molar-refractivity contribution >= 4 is 17.0 Å². The first-order valence-corrected chi connectivity index (χ1v) is 7.61. The second-order valence-electron chi connectivity index (χ2n) is 5.61. The highest BCUT2D eigenvalue weighted by Crippen LogP contribution is 2.31. The monoisotopic (exact) mass is 295 g/mol. The zero-order valence-electron chi connectivity index (χ0n) is 12.1. The molecule has 1 heterocycles. The van der Waals surface area contributed by atoms with E-state index in [0.29, 0.717) is 19.8 Å². The van der Waals surface area contributed by atoms with E-state index in [9.17, 15) is 4.79 Å². The predicted molar refractivity (Wildman–Crippen MR) is 79.8 cm³/mol. The summed E-state index contributed by atoms with van der Waals surface area (Å²) in [6.45, 7) is 8.16. The van der Waals surface area contributed by atoms with Crippen molar-refractivity contribution in [1.29, 1.82) is 0 Å². The summed E-state index contributed by atoms with van der Waals surface area (Å²) in [6.07, 6.45) is -0.299. The molecule has 20 heavy (non-hydrogen) atoms. The van der Waals surface area contributed by atoms with E-state index in [1.54, 1.807) is 0 Å². The standard InChI is InChI=1S/C15H21NO3S/c1-4-16-14(17)20-12-7-5-11(6-8-12)13-18-9-15(2,3)10-19-13/h5-8,13H,4,9-10H2,1-3H3,(H,16,17). The van der Waals surface area contributed by atoms with Gasteiger partial charge >= 0.3 is 0 Å². The lowest BCUT2D eigenvalue weighted by Gasteiger charge is -2.34. The molecule has 2 rings (SSSR count). The van der Waals surface area contributed by atoms with E-state index in [1.165, 1.54) is 11.8 Å². The summed E-state index contributed by atoms with van der Waals surface area (Å²) in [5, 5.41) is 2.72. The van der Waals surface area contributed by atoms with Crippen LogP contribution in [0, 0.1) is 5.41 Å². The van der Waals surface area contributed by atoms with Gasteiger partial charge in [-0.15, -0.1) is 0 Å². The number of carbonyl (C=O) groups is 1. The predicted octanol–water partition coefficient (Wildman–Crippen LogP) is 3.58. The van der Waals surface area contributed by atoms with Crippen molar-refractivity contribution in [3.05, 3.63) is 29.8 Å². The van der Waals surface area contributed by atoms with Crippen LogP contribution in [-0.2, 0) is 9.47 Å². The largest absolute Gasteiger partial charge is 0.348 e. The van der Waals surface area contributed by atoms with Crippen molar-refractivity contribution in [3.63, 3.8) is 0 Å². The fourth-order valence-corrected chi connectivity index (χ4v) is 2.57. The third-order valence-corrected chi connectivity index (χ3v) is 3.77. The van der Waals surface area contributed by atoms with Crippen molar-refractivity contribution in [2.24, 2.45) is 5.41 Å². The molecule has 0 unspecified atom stereocenters. The number of nitrogens with one attached hydrogen (secondary N) is 1. The summed E-state index contributed by atoms with van der Waals surface area (Å²) in [5.74, 6) is 0. The first-order valence-electron chi connectivity index (χ1n) is 6.79. The van der Waals surface area contributed by atoms with E-state index in [0.717, 1.165) is 10.5 Å². The Morgan fingerprint density at radius 1 is 1.30 bits per heavy atom. The molecule has 0 atom stereocenters. The third-order valence-electron chi connectivity index (χ3n) is 2.93. The molecule has 110 valence electrons. The lowest BCUT2D eigenvalue weighted by atomic mass is 9.95. The minimum absolute atomic E-state index is 0.0350. The number of benzene rings is 1. The summed E-state index contributed by atoms with van der Waals surface area (Å²) < 4.78 is 11.5. The molecule has 1 amide bonds. The Kier molecular flexibility index (Phi) is 5.07. The average molecular weight is 295 g/mol. The summed E-state index contributed by atoms with van der Waals surface area (Å²) in [6, 6.07) is 7.73. The van der Waals surface area contributed by atoms with Crippen molar-refractivity contribution in [2.45, 2.75) is 32.0 Å².